The molecule has 0 saturated carbocycles. The fourth-order valence-electron chi connectivity index (χ4n) is 3.45. The fourth-order valence-corrected chi connectivity index (χ4v) is 3.45. The number of fused-ring (bicyclic) bond motifs is 2. The number of hydrogen-bond donors (Lipinski definition) is 2. The number of hydrazone groups is 2. The average molecular weight is 528 g/mol. The molecular formula is C22H20N6O10. The highest BCUT2D eigenvalue weighted by atomic mass is 16.7. The Bertz CT molecular complexity index is 1240. The van der Waals surface area contributed by atoms with Crippen molar-refractivity contribution >= 4 is 35.6 Å². The molecular weight excluding hydrogens is 508 g/mol. The quantitative estimate of drug-likeness (QED) is 0.188. The number of nitrogens with one attached hydrogen (secondary N) is 2. The van der Waals surface area contributed by atoms with E-state index in [1.807, 2.05) is 0 Å². The second-order valence-electron chi connectivity index (χ2n) is 7.84. The van der Waals surface area contributed by atoms with Crippen molar-refractivity contribution in [3.63, 3.8) is 0 Å². The summed E-state index contributed by atoms with van der Waals surface area (Å²) in [4.78, 5) is 45.3. The molecule has 0 fully saturated rings. The molecule has 0 spiro atoms. The number of benzene rings is 2. The molecule has 38 heavy (non-hydrogen) atoms. The van der Waals surface area contributed by atoms with Crippen molar-refractivity contribution in [1.29, 1.82) is 0 Å². The summed E-state index contributed by atoms with van der Waals surface area (Å²) in [5.74, 6) is 0.278. The van der Waals surface area contributed by atoms with Gasteiger partial charge in [-0.15, -0.1) is 0 Å². The Morgan fingerprint density at radius 2 is 1.11 bits per heavy atom. The Morgan fingerprint density at radius 3 is 1.47 bits per heavy atom. The lowest BCUT2D eigenvalue weighted by molar-refractivity contribution is -0.385. The van der Waals surface area contributed by atoms with E-state index >= 15 is 0 Å². The van der Waals surface area contributed by atoms with E-state index in [1.165, 1.54) is 24.3 Å². The molecule has 2 aromatic carbocycles. The molecule has 2 aliphatic rings. The van der Waals surface area contributed by atoms with Gasteiger partial charge < -0.3 is 18.9 Å². The number of carbonyl (C=O) groups excluding carboxylic acids is 2. The third-order valence-corrected chi connectivity index (χ3v) is 5.28. The van der Waals surface area contributed by atoms with Gasteiger partial charge in [-0.1, -0.05) is 0 Å². The van der Waals surface area contributed by atoms with Crippen LogP contribution < -0.4 is 29.8 Å². The van der Waals surface area contributed by atoms with Crippen LogP contribution in [0.25, 0.3) is 0 Å². The predicted molar refractivity (Wildman–Crippen MR) is 128 cm³/mol. The number of rotatable bonds is 11. The standard InChI is InChI=1S/C22H20N6O10/c29-21(25-23-9-13-5-17-19(37-11-35-17)7-15(13)27(31)32)3-1-2-4-22(30)26-24-10-14-6-18-20(38-12-36-18)8-16(14)28(33)34/h5-10H,1-4,11-12H2,(H,25,29)(H,26,30). The van der Waals surface area contributed by atoms with Crippen molar-refractivity contribution in [2.24, 2.45) is 10.2 Å². The van der Waals surface area contributed by atoms with Gasteiger partial charge in [0.05, 0.1) is 45.5 Å². The van der Waals surface area contributed by atoms with Gasteiger partial charge in [0.2, 0.25) is 25.4 Å². The van der Waals surface area contributed by atoms with Crippen molar-refractivity contribution in [2.75, 3.05) is 13.6 Å². The van der Waals surface area contributed by atoms with Crippen LogP contribution in [-0.4, -0.2) is 47.7 Å². The number of hydrogen-bond acceptors (Lipinski definition) is 12. The SMILES string of the molecule is O=C(CCCCC(=O)NN=Cc1cc2c(cc1[N+](=O)[O-])OCO2)NN=Cc1cc2c(cc1[N+](=O)[O-])OCO2. The summed E-state index contributed by atoms with van der Waals surface area (Å²) in [7, 11) is 0. The van der Waals surface area contributed by atoms with E-state index in [4.69, 9.17) is 18.9 Å². The molecule has 2 heterocycles. The topological polar surface area (TPSA) is 206 Å². The van der Waals surface area contributed by atoms with Gasteiger partial charge in [-0.3, -0.25) is 29.8 Å². The second-order valence-corrected chi connectivity index (χ2v) is 7.84. The molecule has 2 amide bonds. The van der Waals surface area contributed by atoms with E-state index in [1.54, 1.807) is 0 Å². The van der Waals surface area contributed by atoms with Crippen molar-refractivity contribution < 1.29 is 38.4 Å². The van der Waals surface area contributed by atoms with Crippen molar-refractivity contribution in [3.05, 3.63) is 55.6 Å². The Labute approximate surface area is 213 Å². The molecule has 0 saturated heterocycles. The molecule has 2 N–H and O–H groups in total. The third-order valence-electron chi connectivity index (χ3n) is 5.28. The lowest BCUT2D eigenvalue weighted by Crippen LogP contribution is -2.19. The first kappa shape index (κ1) is 25.8. The molecule has 0 aliphatic carbocycles. The number of nitro groups is 2. The molecule has 2 aromatic rings. The van der Waals surface area contributed by atoms with E-state index in [9.17, 15) is 29.8 Å². The summed E-state index contributed by atoms with van der Waals surface area (Å²) in [6.45, 7) is -0.0901. The minimum atomic E-state index is -0.601. The van der Waals surface area contributed by atoms with Crippen LogP contribution in [0.2, 0.25) is 0 Å². The van der Waals surface area contributed by atoms with Gasteiger partial charge in [0.15, 0.2) is 23.0 Å². The zero-order chi connectivity index (χ0) is 27.1. The zero-order valence-corrected chi connectivity index (χ0v) is 19.6. The maximum absolute atomic E-state index is 12.0. The highest BCUT2D eigenvalue weighted by Crippen LogP contribution is 2.38. The molecule has 2 aliphatic heterocycles. The highest BCUT2D eigenvalue weighted by Gasteiger charge is 2.23. The fraction of sp³-hybridized carbons (Fsp3) is 0.273. The average Bonchev–Trinajstić information content (AvgIpc) is 3.54. The second kappa shape index (κ2) is 11.6. The summed E-state index contributed by atoms with van der Waals surface area (Å²) in [6, 6.07) is 5.22. The molecule has 0 aromatic heterocycles. The molecule has 0 radical (unpaired) electrons. The van der Waals surface area contributed by atoms with Gasteiger partial charge in [-0.25, -0.2) is 10.9 Å². The maximum Gasteiger partial charge on any atom is 0.282 e. The molecule has 4 rings (SSSR count). The van der Waals surface area contributed by atoms with Crippen LogP contribution in [0.5, 0.6) is 23.0 Å². The van der Waals surface area contributed by atoms with Gasteiger partial charge >= 0.3 is 0 Å². The lowest BCUT2D eigenvalue weighted by Gasteiger charge is -2.03. The van der Waals surface area contributed by atoms with Crippen LogP contribution in [0.1, 0.15) is 36.8 Å². The van der Waals surface area contributed by atoms with Gasteiger partial charge in [0.25, 0.3) is 11.4 Å². The largest absolute Gasteiger partial charge is 0.454 e. The molecule has 16 nitrogen and oxygen atoms in total. The van der Waals surface area contributed by atoms with Gasteiger partial charge in [0.1, 0.15) is 0 Å². The summed E-state index contributed by atoms with van der Waals surface area (Å²) in [5, 5.41) is 30.0. The number of nitro benzene ring substituents is 2. The summed E-state index contributed by atoms with van der Waals surface area (Å²) < 4.78 is 20.6. The molecule has 0 bridgehead atoms. The minimum absolute atomic E-state index is 0.0450. The molecule has 0 atom stereocenters. The van der Waals surface area contributed by atoms with E-state index in [0.29, 0.717) is 24.3 Å². The Kier molecular flexibility index (Phi) is 7.90. The maximum atomic E-state index is 12.0. The Morgan fingerprint density at radius 1 is 0.737 bits per heavy atom. The smallest absolute Gasteiger partial charge is 0.282 e. The number of carbonyl (C=O) groups is 2. The van der Waals surface area contributed by atoms with Crippen molar-refractivity contribution in [3.8, 4) is 23.0 Å². The number of amides is 2. The first-order chi connectivity index (χ1) is 18.3. The van der Waals surface area contributed by atoms with Crippen LogP contribution >= 0.6 is 0 Å². The van der Waals surface area contributed by atoms with E-state index < -0.39 is 21.7 Å². The monoisotopic (exact) mass is 528 g/mol. The van der Waals surface area contributed by atoms with E-state index in [-0.39, 0.29) is 60.4 Å². The van der Waals surface area contributed by atoms with Crippen molar-refractivity contribution in [1.82, 2.24) is 10.9 Å². The molecule has 16 heteroatoms. The van der Waals surface area contributed by atoms with Gasteiger partial charge in [-0.05, 0) is 25.0 Å². The van der Waals surface area contributed by atoms with E-state index in [2.05, 4.69) is 21.1 Å². The number of ether oxygens (including phenoxy) is 4. The van der Waals surface area contributed by atoms with Crippen LogP contribution in [0.4, 0.5) is 11.4 Å². The Balaban J connectivity index is 1.19. The van der Waals surface area contributed by atoms with Gasteiger partial charge in [-0.2, -0.15) is 10.2 Å². The van der Waals surface area contributed by atoms with Gasteiger partial charge in [0, 0.05) is 12.8 Å². The van der Waals surface area contributed by atoms with E-state index in [0.717, 1.165) is 12.4 Å². The lowest BCUT2D eigenvalue weighted by atomic mass is 10.1. The first-order valence-electron chi connectivity index (χ1n) is 11.1. The summed E-state index contributed by atoms with van der Waals surface area (Å²) >= 11 is 0. The summed E-state index contributed by atoms with van der Waals surface area (Å²) in [6.07, 6.45) is 3.09. The number of nitrogens with zero attached hydrogens (tertiary/aromatic N) is 4. The highest BCUT2D eigenvalue weighted by molar-refractivity contribution is 5.89. The predicted octanol–water partition coefficient (Wildman–Crippen LogP) is 2.12. The normalized spacial score (nSPS) is 13.2. The molecule has 0 unspecified atom stereocenters. The summed E-state index contributed by atoms with van der Waals surface area (Å²) in [5.41, 5.74) is 4.29. The van der Waals surface area contributed by atoms with Crippen LogP contribution in [-0.2, 0) is 9.59 Å². The number of unbranched alkanes of at least 4 members (excludes halogenated alkanes) is 1. The van der Waals surface area contributed by atoms with Crippen LogP contribution in [0, 0.1) is 20.2 Å². The Hall–Kier alpha value is -5.28. The van der Waals surface area contributed by atoms with Crippen LogP contribution in [0.3, 0.4) is 0 Å². The van der Waals surface area contributed by atoms with Crippen LogP contribution in [0.15, 0.2) is 34.5 Å². The van der Waals surface area contributed by atoms with Crippen molar-refractivity contribution in [2.45, 2.75) is 25.7 Å². The third kappa shape index (κ3) is 6.28. The first-order valence-corrected chi connectivity index (χ1v) is 11.1. The zero-order valence-electron chi connectivity index (χ0n) is 19.6. The molecule has 198 valence electrons. The minimum Gasteiger partial charge on any atom is -0.454 e.